The van der Waals surface area contributed by atoms with Gasteiger partial charge in [0.25, 0.3) is 5.91 Å². The number of amides is 1. The van der Waals surface area contributed by atoms with E-state index in [-0.39, 0.29) is 5.91 Å². The van der Waals surface area contributed by atoms with Crippen LogP contribution in [0.5, 0.6) is 0 Å². The summed E-state index contributed by atoms with van der Waals surface area (Å²) in [6.07, 6.45) is 1.63. The number of nitrogens with zero attached hydrogens (tertiary/aromatic N) is 3. The van der Waals surface area contributed by atoms with Crippen molar-refractivity contribution >= 4 is 5.91 Å². The number of ether oxygens (including phenoxy) is 1. The van der Waals surface area contributed by atoms with Crippen LogP contribution in [0, 0.1) is 6.92 Å². The summed E-state index contributed by atoms with van der Waals surface area (Å²) in [5.74, 6) is -0.229. The number of hydrogen-bond donors (Lipinski definition) is 2. The third-order valence-electron chi connectivity index (χ3n) is 3.06. The van der Waals surface area contributed by atoms with E-state index in [9.17, 15) is 4.79 Å². The van der Waals surface area contributed by atoms with Crippen LogP contribution in [0.15, 0.2) is 30.5 Å². The SMILES string of the molecule is COCCNCCNC(=O)c1cn(-c2cccc(C)c2)nn1. The van der Waals surface area contributed by atoms with Crippen molar-refractivity contribution in [2.45, 2.75) is 6.92 Å². The minimum atomic E-state index is -0.229. The summed E-state index contributed by atoms with van der Waals surface area (Å²) in [5, 5.41) is 13.8. The Balaban J connectivity index is 1.84. The predicted molar refractivity (Wildman–Crippen MR) is 83.2 cm³/mol. The number of hydrogen-bond acceptors (Lipinski definition) is 5. The molecule has 1 amide bonds. The van der Waals surface area contributed by atoms with Gasteiger partial charge in [-0.2, -0.15) is 0 Å². The van der Waals surface area contributed by atoms with Crippen molar-refractivity contribution in [2.75, 3.05) is 33.4 Å². The van der Waals surface area contributed by atoms with Crippen LogP contribution in [0.25, 0.3) is 5.69 Å². The molecule has 0 bridgehead atoms. The van der Waals surface area contributed by atoms with Crippen molar-refractivity contribution in [1.82, 2.24) is 25.6 Å². The molecule has 0 radical (unpaired) electrons. The molecular formula is C15H21N5O2. The highest BCUT2D eigenvalue weighted by molar-refractivity contribution is 5.91. The predicted octanol–water partition coefficient (Wildman–Crippen LogP) is 0.542. The summed E-state index contributed by atoms with van der Waals surface area (Å²) in [6.45, 7) is 4.63. The van der Waals surface area contributed by atoms with Crippen LogP contribution in [-0.4, -0.2) is 54.3 Å². The van der Waals surface area contributed by atoms with Gasteiger partial charge in [0.05, 0.1) is 18.5 Å². The van der Waals surface area contributed by atoms with Crippen molar-refractivity contribution in [3.63, 3.8) is 0 Å². The van der Waals surface area contributed by atoms with Crippen molar-refractivity contribution < 1.29 is 9.53 Å². The number of aromatic nitrogens is 3. The Bertz CT molecular complexity index is 611. The van der Waals surface area contributed by atoms with Crippen LogP contribution < -0.4 is 10.6 Å². The third-order valence-corrected chi connectivity index (χ3v) is 3.06. The van der Waals surface area contributed by atoms with Gasteiger partial charge in [0, 0.05) is 26.7 Å². The molecule has 0 aliphatic heterocycles. The van der Waals surface area contributed by atoms with E-state index in [2.05, 4.69) is 20.9 Å². The number of aryl methyl sites for hydroxylation is 1. The molecule has 1 aromatic heterocycles. The first-order valence-corrected chi connectivity index (χ1v) is 7.18. The van der Waals surface area contributed by atoms with Crippen LogP contribution in [0.4, 0.5) is 0 Å². The van der Waals surface area contributed by atoms with E-state index in [1.54, 1.807) is 18.0 Å². The van der Waals surface area contributed by atoms with Crippen molar-refractivity contribution in [1.29, 1.82) is 0 Å². The molecule has 1 heterocycles. The average molecular weight is 303 g/mol. The highest BCUT2D eigenvalue weighted by Crippen LogP contribution is 2.09. The Morgan fingerprint density at radius 1 is 1.32 bits per heavy atom. The number of methoxy groups -OCH3 is 1. The molecule has 2 rings (SSSR count). The molecule has 0 fully saturated rings. The largest absolute Gasteiger partial charge is 0.383 e. The van der Waals surface area contributed by atoms with Crippen LogP contribution >= 0.6 is 0 Å². The number of rotatable bonds is 8. The molecule has 2 N–H and O–H groups in total. The second-order valence-corrected chi connectivity index (χ2v) is 4.89. The summed E-state index contributed by atoms with van der Waals surface area (Å²) in [4.78, 5) is 12.0. The van der Waals surface area contributed by atoms with Crippen LogP contribution in [0.2, 0.25) is 0 Å². The molecule has 1 aromatic carbocycles. The zero-order valence-corrected chi connectivity index (χ0v) is 12.9. The Morgan fingerprint density at radius 2 is 2.18 bits per heavy atom. The molecule has 0 unspecified atom stereocenters. The molecule has 0 saturated carbocycles. The molecule has 2 aromatic rings. The zero-order chi connectivity index (χ0) is 15.8. The molecule has 22 heavy (non-hydrogen) atoms. The molecule has 0 atom stereocenters. The van der Waals surface area contributed by atoms with Gasteiger partial charge in [-0.15, -0.1) is 5.10 Å². The summed E-state index contributed by atoms with van der Waals surface area (Å²) in [6, 6.07) is 7.85. The average Bonchev–Trinajstić information content (AvgIpc) is 3.00. The lowest BCUT2D eigenvalue weighted by Gasteiger charge is -2.04. The Morgan fingerprint density at radius 3 is 2.95 bits per heavy atom. The van der Waals surface area contributed by atoms with Gasteiger partial charge >= 0.3 is 0 Å². The van der Waals surface area contributed by atoms with Crippen LogP contribution in [0.1, 0.15) is 16.1 Å². The number of carbonyl (C=O) groups is 1. The fourth-order valence-corrected chi connectivity index (χ4v) is 1.92. The van der Waals surface area contributed by atoms with E-state index < -0.39 is 0 Å². The maximum Gasteiger partial charge on any atom is 0.273 e. The first-order chi connectivity index (χ1) is 10.7. The highest BCUT2D eigenvalue weighted by atomic mass is 16.5. The molecule has 7 nitrogen and oxygen atoms in total. The standard InChI is InChI=1S/C15H21N5O2/c1-12-4-3-5-13(10-12)20-11-14(18-19-20)15(21)17-7-6-16-8-9-22-2/h3-5,10-11,16H,6-9H2,1-2H3,(H,17,21). The van der Waals surface area contributed by atoms with Gasteiger partial charge in [-0.1, -0.05) is 17.3 Å². The summed E-state index contributed by atoms with van der Waals surface area (Å²) >= 11 is 0. The minimum Gasteiger partial charge on any atom is -0.383 e. The van der Waals surface area contributed by atoms with E-state index >= 15 is 0 Å². The first-order valence-electron chi connectivity index (χ1n) is 7.18. The van der Waals surface area contributed by atoms with E-state index in [1.165, 1.54) is 0 Å². The normalized spacial score (nSPS) is 10.6. The lowest BCUT2D eigenvalue weighted by molar-refractivity contribution is 0.0948. The first kappa shape index (κ1) is 16.1. The zero-order valence-electron chi connectivity index (χ0n) is 12.9. The molecule has 7 heteroatoms. The summed E-state index contributed by atoms with van der Waals surface area (Å²) in [7, 11) is 1.65. The van der Waals surface area contributed by atoms with Gasteiger partial charge in [-0.3, -0.25) is 4.79 Å². The van der Waals surface area contributed by atoms with Gasteiger partial charge in [-0.05, 0) is 24.6 Å². The summed E-state index contributed by atoms with van der Waals surface area (Å²) < 4.78 is 6.52. The molecule has 118 valence electrons. The molecule has 0 aliphatic carbocycles. The lowest BCUT2D eigenvalue weighted by Crippen LogP contribution is -2.33. The molecule has 0 spiro atoms. The van der Waals surface area contributed by atoms with Gasteiger partial charge < -0.3 is 15.4 Å². The van der Waals surface area contributed by atoms with Gasteiger partial charge in [0.2, 0.25) is 0 Å². The Kier molecular flexibility index (Phi) is 6.05. The third kappa shape index (κ3) is 4.64. The van der Waals surface area contributed by atoms with Crippen molar-refractivity contribution in [3.05, 3.63) is 41.7 Å². The topological polar surface area (TPSA) is 81.1 Å². The summed E-state index contributed by atoms with van der Waals surface area (Å²) in [5.41, 5.74) is 2.31. The number of benzene rings is 1. The Hall–Kier alpha value is -2.25. The molecule has 0 aliphatic rings. The highest BCUT2D eigenvalue weighted by Gasteiger charge is 2.10. The second-order valence-electron chi connectivity index (χ2n) is 4.89. The fourth-order valence-electron chi connectivity index (χ4n) is 1.92. The van der Waals surface area contributed by atoms with Gasteiger partial charge in [0.15, 0.2) is 5.69 Å². The molecule has 0 saturated heterocycles. The fraction of sp³-hybridized carbons (Fsp3) is 0.400. The maximum atomic E-state index is 12.0. The van der Waals surface area contributed by atoms with Gasteiger partial charge in [0.1, 0.15) is 0 Å². The number of carbonyl (C=O) groups excluding carboxylic acids is 1. The van der Waals surface area contributed by atoms with Crippen LogP contribution in [0.3, 0.4) is 0 Å². The van der Waals surface area contributed by atoms with Gasteiger partial charge in [-0.25, -0.2) is 4.68 Å². The number of nitrogens with one attached hydrogen (secondary N) is 2. The van der Waals surface area contributed by atoms with E-state index in [0.29, 0.717) is 25.4 Å². The van der Waals surface area contributed by atoms with Crippen molar-refractivity contribution in [3.8, 4) is 5.69 Å². The quantitative estimate of drug-likeness (QED) is 0.696. The Labute approximate surface area is 129 Å². The lowest BCUT2D eigenvalue weighted by atomic mass is 10.2. The minimum absolute atomic E-state index is 0.229. The molecular weight excluding hydrogens is 282 g/mol. The van der Waals surface area contributed by atoms with Crippen LogP contribution in [-0.2, 0) is 4.74 Å². The van der Waals surface area contributed by atoms with E-state index in [1.807, 2.05) is 31.2 Å². The monoisotopic (exact) mass is 303 g/mol. The second kappa shape index (κ2) is 8.26. The van der Waals surface area contributed by atoms with E-state index in [4.69, 9.17) is 4.74 Å². The van der Waals surface area contributed by atoms with Crippen molar-refractivity contribution in [2.24, 2.45) is 0 Å². The van der Waals surface area contributed by atoms with E-state index in [0.717, 1.165) is 17.8 Å². The maximum absolute atomic E-state index is 12.0. The smallest absolute Gasteiger partial charge is 0.273 e.